The molecule has 1 aliphatic rings. The highest BCUT2D eigenvalue weighted by molar-refractivity contribution is 6.03. The van der Waals surface area contributed by atoms with Crippen molar-refractivity contribution >= 4 is 23.5 Å². The lowest BCUT2D eigenvalue weighted by Gasteiger charge is -2.34. The fourth-order valence-electron chi connectivity index (χ4n) is 2.44. The second kappa shape index (κ2) is 6.39. The molecule has 6 heteroatoms. The number of anilines is 1. The largest absolute Gasteiger partial charge is 0.481 e. The van der Waals surface area contributed by atoms with Gasteiger partial charge in [0.2, 0.25) is 11.8 Å². The third-order valence-electron chi connectivity index (χ3n) is 3.52. The van der Waals surface area contributed by atoms with Gasteiger partial charge in [-0.1, -0.05) is 25.1 Å². The van der Waals surface area contributed by atoms with E-state index in [-0.39, 0.29) is 37.9 Å². The zero-order chi connectivity index (χ0) is 15.4. The topological polar surface area (TPSA) is 77.9 Å². The molecular formula is C15H18N2O4. The molecule has 0 atom stereocenters. The molecule has 0 saturated carbocycles. The van der Waals surface area contributed by atoms with Crippen molar-refractivity contribution in [3.8, 4) is 0 Å². The molecule has 1 saturated heterocycles. The highest BCUT2D eigenvalue weighted by atomic mass is 16.4. The number of imide groups is 1. The molecule has 1 aliphatic heterocycles. The molecule has 0 aliphatic carbocycles. The molecule has 21 heavy (non-hydrogen) atoms. The summed E-state index contributed by atoms with van der Waals surface area (Å²) in [5.41, 5.74) is 1.97. The number of hydrogen-bond acceptors (Lipinski definition) is 4. The van der Waals surface area contributed by atoms with Crippen molar-refractivity contribution in [2.24, 2.45) is 0 Å². The molecule has 0 bridgehead atoms. The van der Waals surface area contributed by atoms with Gasteiger partial charge in [0, 0.05) is 12.2 Å². The summed E-state index contributed by atoms with van der Waals surface area (Å²) in [6.07, 6.45) is 0.598. The van der Waals surface area contributed by atoms with Gasteiger partial charge in [-0.25, -0.2) is 0 Å². The van der Waals surface area contributed by atoms with Crippen LogP contribution in [0.2, 0.25) is 0 Å². The third-order valence-corrected chi connectivity index (χ3v) is 3.52. The van der Waals surface area contributed by atoms with E-state index in [4.69, 9.17) is 5.11 Å². The molecule has 1 fully saturated rings. The van der Waals surface area contributed by atoms with Gasteiger partial charge >= 0.3 is 5.97 Å². The quantitative estimate of drug-likeness (QED) is 0.815. The van der Waals surface area contributed by atoms with E-state index < -0.39 is 5.97 Å². The first-order valence-electron chi connectivity index (χ1n) is 6.90. The van der Waals surface area contributed by atoms with Crippen LogP contribution in [0.15, 0.2) is 24.3 Å². The van der Waals surface area contributed by atoms with Crippen molar-refractivity contribution in [1.82, 2.24) is 4.90 Å². The summed E-state index contributed by atoms with van der Waals surface area (Å²) in [6, 6.07) is 7.67. The van der Waals surface area contributed by atoms with Crippen LogP contribution in [0.5, 0.6) is 0 Å². The number of piperazine rings is 1. The van der Waals surface area contributed by atoms with Gasteiger partial charge in [0.15, 0.2) is 0 Å². The van der Waals surface area contributed by atoms with Crippen LogP contribution in [0, 0.1) is 0 Å². The number of hydrogen-bond donors (Lipinski definition) is 1. The highest BCUT2D eigenvalue weighted by Crippen LogP contribution is 2.23. The van der Waals surface area contributed by atoms with Crippen molar-refractivity contribution in [3.05, 3.63) is 29.8 Å². The summed E-state index contributed by atoms with van der Waals surface area (Å²) in [5, 5.41) is 8.66. The van der Waals surface area contributed by atoms with E-state index in [1.54, 1.807) is 4.90 Å². The van der Waals surface area contributed by atoms with Crippen LogP contribution in [0.1, 0.15) is 18.9 Å². The minimum atomic E-state index is -1.02. The van der Waals surface area contributed by atoms with Crippen LogP contribution in [0.3, 0.4) is 0 Å². The highest BCUT2D eigenvalue weighted by Gasteiger charge is 2.31. The molecule has 2 amide bonds. The minimum absolute atomic E-state index is 0.0593. The average molecular weight is 290 g/mol. The number of para-hydroxylation sites is 1. The van der Waals surface area contributed by atoms with Gasteiger partial charge in [0.1, 0.15) is 0 Å². The van der Waals surface area contributed by atoms with E-state index in [1.165, 1.54) is 0 Å². The van der Waals surface area contributed by atoms with Crippen molar-refractivity contribution in [3.63, 3.8) is 0 Å². The molecule has 0 radical (unpaired) electrons. The van der Waals surface area contributed by atoms with Gasteiger partial charge in [-0.15, -0.1) is 0 Å². The minimum Gasteiger partial charge on any atom is -0.481 e. The lowest BCUT2D eigenvalue weighted by molar-refractivity contribution is -0.146. The predicted octanol–water partition coefficient (Wildman–Crippen LogP) is 0.899. The van der Waals surface area contributed by atoms with Crippen LogP contribution in [0.25, 0.3) is 0 Å². The second-order valence-electron chi connectivity index (χ2n) is 4.92. The lowest BCUT2D eigenvalue weighted by Crippen LogP contribution is -2.54. The Kier molecular flexibility index (Phi) is 4.57. The molecule has 0 spiro atoms. The molecule has 112 valence electrons. The van der Waals surface area contributed by atoms with Gasteiger partial charge in [-0.05, 0) is 18.1 Å². The van der Waals surface area contributed by atoms with Gasteiger partial charge in [0.25, 0.3) is 0 Å². The number of aliphatic carboxylic acids is 1. The van der Waals surface area contributed by atoms with Crippen molar-refractivity contribution in [2.45, 2.75) is 19.8 Å². The van der Waals surface area contributed by atoms with Crippen LogP contribution in [0.4, 0.5) is 5.69 Å². The number of nitrogens with zero attached hydrogens (tertiary/aromatic N) is 2. The molecule has 6 nitrogen and oxygen atoms in total. The number of benzene rings is 1. The number of carbonyl (C=O) groups is 3. The Balaban J connectivity index is 2.13. The van der Waals surface area contributed by atoms with Crippen LogP contribution in [-0.4, -0.2) is 47.4 Å². The summed E-state index contributed by atoms with van der Waals surface area (Å²) >= 11 is 0. The summed E-state index contributed by atoms with van der Waals surface area (Å²) in [6.45, 7) is 2.16. The number of carboxylic acids is 1. The lowest BCUT2D eigenvalue weighted by atomic mass is 10.1. The second-order valence-corrected chi connectivity index (χ2v) is 4.92. The molecule has 1 N–H and O–H groups in total. The molecule has 0 unspecified atom stereocenters. The Morgan fingerprint density at radius 3 is 2.38 bits per heavy atom. The normalized spacial score (nSPS) is 15.5. The smallest absolute Gasteiger partial charge is 0.305 e. The Morgan fingerprint density at radius 1 is 1.19 bits per heavy atom. The molecule has 1 heterocycles. The maximum atomic E-state index is 12.1. The monoisotopic (exact) mass is 290 g/mol. The zero-order valence-electron chi connectivity index (χ0n) is 11.9. The van der Waals surface area contributed by atoms with E-state index >= 15 is 0 Å². The fraction of sp³-hybridized carbons (Fsp3) is 0.400. The van der Waals surface area contributed by atoms with Crippen molar-refractivity contribution in [2.75, 3.05) is 24.5 Å². The van der Waals surface area contributed by atoms with E-state index in [2.05, 4.69) is 0 Å². The standard InChI is InChI=1S/C15H18N2O4/c1-2-11-5-3-4-6-12(11)16-9-13(18)17(14(19)10-16)8-7-15(20)21/h3-6H,2,7-10H2,1H3,(H,20,21). The van der Waals surface area contributed by atoms with Crippen LogP contribution < -0.4 is 4.90 Å². The predicted molar refractivity (Wildman–Crippen MR) is 77.0 cm³/mol. The van der Waals surface area contributed by atoms with E-state index in [0.717, 1.165) is 22.6 Å². The first kappa shape index (κ1) is 15.0. The third kappa shape index (κ3) is 3.39. The van der Waals surface area contributed by atoms with Crippen LogP contribution >= 0.6 is 0 Å². The van der Waals surface area contributed by atoms with Gasteiger partial charge < -0.3 is 10.0 Å². The first-order valence-corrected chi connectivity index (χ1v) is 6.90. The Labute approximate surface area is 123 Å². The number of amides is 2. The maximum absolute atomic E-state index is 12.1. The number of carboxylic acid groups (broad SMARTS) is 1. The van der Waals surface area contributed by atoms with Crippen LogP contribution in [-0.2, 0) is 20.8 Å². The fourth-order valence-corrected chi connectivity index (χ4v) is 2.44. The summed E-state index contributed by atoms with van der Waals surface area (Å²) < 4.78 is 0. The summed E-state index contributed by atoms with van der Waals surface area (Å²) in [7, 11) is 0. The number of aryl methyl sites for hydroxylation is 1. The Bertz CT molecular complexity index is 553. The number of rotatable bonds is 5. The summed E-state index contributed by atoms with van der Waals surface area (Å²) in [4.78, 5) is 37.5. The average Bonchev–Trinajstić information content (AvgIpc) is 2.45. The van der Waals surface area contributed by atoms with Crippen molar-refractivity contribution < 1.29 is 19.5 Å². The maximum Gasteiger partial charge on any atom is 0.305 e. The SMILES string of the molecule is CCc1ccccc1N1CC(=O)N(CCC(=O)O)C(=O)C1. The van der Waals surface area contributed by atoms with E-state index in [0.29, 0.717) is 0 Å². The number of carbonyl (C=O) groups excluding carboxylic acids is 2. The first-order chi connectivity index (χ1) is 10.0. The molecule has 1 aromatic rings. The Hall–Kier alpha value is -2.37. The molecular weight excluding hydrogens is 272 g/mol. The van der Waals surface area contributed by atoms with Gasteiger partial charge in [-0.3, -0.25) is 19.3 Å². The zero-order valence-corrected chi connectivity index (χ0v) is 11.9. The van der Waals surface area contributed by atoms with E-state index in [9.17, 15) is 14.4 Å². The van der Waals surface area contributed by atoms with Crippen molar-refractivity contribution in [1.29, 1.82) is 0 Å². The summed E-state index contributed by atoms with van der Waals surface area (Å²) in [5.74, 6) is -1.72. The molecule has 1 aromatic carbocycles. The van der Waals surface area contributed by atoms with Gasteiger partial charge in [0.05, 0.1) is 19.5 Å². The molecule has 2 rings (SSSR count). The van der Waals surface area contributed by atoms with E-state index in [1.807, 2.05) is 31.2 Å². The Morgan fingerprint density at radius 2 is 1.81 bits per heavy atom. The molecule has 0 aromatic heterocycles. The van der Waals surface area contributed by atoms with Gasteiger partial charge in [-0.2, -0.15) is 0 Å².